The minimum absolute atomic E-state index is 0.257. The number of benzene rings is 3. The van der Waals surface area contributed by atoms with E-state index in [2.05, 4.69) is 6.58 Å². The van der Waals surface area contributed by atoms with Crippen LogP contribution in [0.5, 0.6) is 0 Å². The molecule has 0 fully saturated rings. The number of nitrogens with zero attached hydrogens (tertiary/aromatic N) is 1. The molecule has 1 heterocycles. The molecule has 0 aliphatic heterocycles. The molecule has 0 radical (unpaired) electrons. The van der Waals surface area contributed by atoms with Crippen LogP contribution >= 0.6 is 0 Å². The van der Waals surface area contributed by atoms with E-state index in [4.69, 9.17) is 4.74 Å². The largest absolute Gasteiger partial charge is 0.372 e. The summed E-state index contributed by atoms with van der Waals surface area (Å²) < 4.78 is 33.2. The third kappa shape index (κ3) is 3.88. The summed E-state index contributed by atoms with van der Waals surface area (Å²) in [5.41, 5.74) is 3.41. The van der Waals surface area contributed by atoms with Crippen LogP contribution in [0.1, 0.15) is 11.1 Å². The van der Waals surface area contributed by atoms with E-state index in [0.29, 0.717) is 18.7 Å². The summed E-state index contributed by atoms with van der Waals surface area (Å²) >= 11 is 0. The molecule has 29 heavy (non-hydrogen) atoms. The van der Waals surface area contributed by atoms with Gasteiger partial charge in [-0.3, -0.25) is 0 Å². The first-order chi connectivity index (χ1) is 14.1. The second-order valence-corrected chi connectivity index (χ2v) is 8.56. The molecule has 0 aliphatic rings. The van der Waals surface area contributed by atoms with Crippen molar-refractivity contribution in [2.45, 2.75) is 11.5 Å². The molecule has 146 valence electrons. The zero-order valence-corrected chi connectivity index (χ0v) is 16.7. The molecule has 3 aromatic carbocycles. The molecule has 0 amide bonds. The SMILES string of the molecule is C=C(COCc1ccccc1)c1cccc2c1ccn2S(=O)(=O)c1ccccc1. The topological polar surface area (TPSA) is 48.3 Å². The molecule has 4 nitrogen and oxygen atoms in total. The summed E-state index contributed by atoms with van der Waals surface area (Å²) in [7, 11) is -3.66. The van der Waals surface area contributed by atoms with E-state index >= 15 is 0 Å². The zero-order valence-electron chi connectivity index (χ0n) is 15.9. The van der Waals surface area contributed by atoms with Crippen LogP contribution < -0.4 is 0 Å². The molecule has 5 heteroatoms. The summed E-state index contributed by atoms with van der Waals surface area (Å²) in [6.45, 7) is 5.02. The average Bonchev–Trinajstić information content (AvgIpc) is 3.20. The van der Waals surface area contributed by atoms with Gasteiger partial charge in [-0.1, -0.05) is 67.2 Å². The maximum Gasteiger partial charge on any atom is 0.268 e. The van der Waals surface area contributed by atoms with Crippen LogP contribution in [0.4, 0.5) is 0 Å². The third-order valence-corrected chi connectivity index (χ3v) is 6.47. The molecule has 0 saturated heterocycles. The molecule has 0 aliphatic carbocycles. The van der Waals surface area contributed by atoms with Gasteiger partial charge in [-0.25, -0.2) is 12.4 Å². The summed E-state index contributed by atoms with van der Waals surface area (Å²) in [6, 6.07) is 25.8. The maximum atomic E-state index is 13.0. The molecule has 0 atom stereocenters. The molecule has 0 spiro atoms. The van der Waals surface area contributed by atoms with Crippen LogP contribution in [0.2, 0.25) is 0 Å². The lowest BCUT2D eigenvalue weighted by Gasteiger charge is -2.11. The number of hydrogen-bond donors (Lipinski definition) is 0. The Bertz CT molecular complexity index is 1240. The Morgan fingerprint density at radius 2 is 1.55 bits per heavy atom. The predicted octanol–water partition coefficient (Wildman–Crippen LogP) is 5.11. The van der Waals surface area contributed by atoms with E-state index in [1.165, 1.54) is 3.97 Å². The Kier molecular flexibility index (Phi) is 5.34. The van der Waals surface area contributed by atoms with Crippen molar-refractivity contribution >= 4 is 26.5 Å². The van der Waals surface area contributed by atoms with Crippen molar-refractivity contribution in [2.75, 3.05) is 6.61 Å². The molecular weight excluding hydrogens is 382 g/mol. The van der Waals surface area contributed by atoms with Gasteiger partial charge in [0.15, 0.2) is 0 Å². The van der Waals surface area contributed by atoms with Crippen molar-refractivity contribution in [3.05, 3.63) is 109 Å². The average molecular weight is 404 g/mol. The highest BCUT2D eigenvalue weighted by molar-refractivity contribution is 7.90. The van der Waals surface area contributed by atoms with E-state index in [0.717, 1.165) is 22.1 Å². The monoisotopic (exact) mass is 403 g/mol. The molecule has 4 aromatic rings. The van der Waals surface area contributed by atoms with Crippen molar-refractivity contribution in [1.29, 1.82) is 0 Å². The number of ether oxygens (including phenoxy) is 1. The molecule has 0 unspecified atom stereocenters. The lowest BCUT2D eigenvalue weighted by Crippen LogP contribution is -2.11. The molecule has 0 saturated carbocycles. The van der Waals surface area contributed by atoms with Crippen molar-refractivity contribution < 1.29 is 13.2 Å². The first kappa shape index (κ1) is 19.2. The van der Waals surface area contributed by atoms with Crippen molar-refractivity contribution in [3.8, 4) is 0 Å². The Balaban J connectivity index is 1.60. The van der Waals surface area contributed by atoms with Crippen LogP contribution in [0, 0.1) is 0 Å². The van der Waals surface area contributed by atoms with Crippen LogP contribution in [-0.4, -0.2) is 19.0 Å². The first-order valence-electron chi connectivity index (χ1n) is 9.28. The molecule has 1 aromatic heterocycles. The summed E-state index contributed by atoms with van der Waals surface area (Å²) in [5, 5.41) is 0.834. The second-order valence-electron chi connectivity index (χ2n) is 6.75. The highest BCUT2D eigenvalue weighted by Crippen LogP contribution is 2.28. The molecule has 4 rings (SSSR count). The quantitative estimate of drug-likeness (QED) is 0.431. The van der Waals surface area contributed by atoms with Crippen LogP contribution in [0.3, 0.4) is 0 Å². The number of rotatable bonds is 7. The van der Waals surface area contributed by atoms with Gasteiger partial charge in [-0.2, -0.15) is 0 Å². The number of fused-ring (bicyclic) bond motifs is 1. The first-order valence-corrected chi connectivity index (χ1v) is 10.7. The molecular formula is C24H21NO3S. The predicted molar refractivity (Wildman–Crippen MR) is 116 cm³/mol. The fourth-order valence-electron chi connectivity index (χ4n) is 3.31. The smallest absolute Gasteiger partial charge is 0.268 e. The van der Waals surface area contributed by atoms with Gasteiger partial charge in [0.25, 0.3) is 10.0 Å². The fourth-order valence-corrected chi connectivity index (χ4v) is 4.68. The van der Waals surface area contributed by atoms with Gasteiger partial charge in [0.1, 0.15) is 0 Å². The highest BCUT2D eigenvalue weighted by atomic mass is 32.2. The van der Waals surface area contributed by atoms with Crippen LogP contribution in [-0.2, 0) is 21.4 Å². The summed E-state index contributed by atoms with van der Waals surface area (Å²) in [4.78, 5) is 0.257. The minimum Gasteiger partial charge on any atom is -0.372 e. The normalized spacial score (nSPS) is 11.6. The third-order valence-electron chi connectivity index (χ3n) is 4.77. The Labute approximate surface area is 170 Å². The minimum atomic E-state index is -3.66. The van der Waals surface area contributed by atoms with Crippen molar-refractivity contribution in [1.82, 2.24) is 3.97 Å². The summed E-state index contributed by atoms with van der Waals surface area (Å²) in [6.07, 6.45) is 1.59. The van der Waals surface area contributed by atoms with Gasteiger partial charge in [-0.15, -0.1) is 0 Å². The molecule has 0 bridgehead atoms. The van der Waals surface area contributed by atoms with Gasteiger partial charge in [-0.05, 0) is 41.0 Å². The number of hydrogen-bond acceptors (Lipinski definition) is 3. The standard InChI is InChI=1S/C24H21NO3S/c1-19(17-28-18-20-9-4-2-5-10-20)22-13-8-14-24-23(22)15-16-25(24)29(26,27)21-11-6-3-7-12-21/h2-16H,1,17-18H2. The van der Waals surface area contributed by atoms with Crippen LogP contribution in [0.15, 0.2) is 103 Å². The van der Waals surface area contributed by atoms with Gasteiger partial charge >= 0.3 is 0 Å². The van der Waals surface area contributed by atoms with Gasteiger partial charge in [0, 0.05) is 11.6 Å². The second kappa shape index (κ2) is 8.07. The van der Waals surface area contributed by atoms with E-state index in [9.17, 15) is 8.42 Å². The zero-order chi connectivity index (χ0) is 20.3. The lowest BCUT2D eigenvalue weighted by atomic mass is 10.0. The van der Waals surface area contributed by atoms with E-state index in [1.807, 2.05) is 48.5 Å². The fraction of sp³-hybridized carbons (Fsp3) is 0.0833. The highest BCUT2D eigenvalue weighted by Gasteiger charge is 2.19. The van der Waals surface area contributed by atoms with Crippen molar-refractivity contribution in [3.63, 3.8) is 0 Å². The summed E-state index contributed by atoms with van der Waals surface area (Å²) in [5.74, 6) is 0. The maximum absolute atomic E-state index is 13.0. The Hall–Kier alpha value is -3.15. The molecule has 0 N–H and O–H groups in total. The van der Waals surface area contributed by atoms with Crippen molar-refractivity contribution in [2.24, 2.45) is 0 Å². The van der Waals surface area contributed by atoms with E-state index in [1.54, 1.807) is 42.6 Å². The van der Waals surface area contributed by atoms with Gasteiger partial charge in [0.05, 0.1) is 23.6 Å². The van der Waals surface area contributed by atoms with Crippen LogP contribution in [0.25, 0.3) is 16.5 Å². The van der Waals surface area contributed by atoms with E-state index < -0.39 is 10.0 Å². The Morgan fingerprint density at radius 1 is 0.862 bits per heavy atom. The van der Waals surface area contributed by atoms with E-state index in [-0.39, 0.29) is 4.90 Å². The number of aromatic nitrogens is 1. The van der Waals surface area contributed by atoms with Gasteiger partial charge in [0.2, 0.25) is 0 Å². The van der Waals surface area contributed by atoms with Gasteiger partial charge < -0.3 is 4.74 Å². The Morgan fingerprint density at radius 3 is 2.28 bits per heavy atom. The lowest BCUT2D eigenvalue weighted by molar-refractivity contribution is 0.153.